The van der Waals surface area contributed by atoms with E-state index in [0.29, 0.717) is 11.3 Å². The Morgan fingerprint density at radius 1 is 0.923 bits per heavy atom. The minimum Gasteiger partial charge on any atom is -0.318 e. The maximum atomic E-state index is 12.7. The lowest BCUT2D eigenvalue weighted by Crippen LogP contribution is -2.29. The number of nitrogens with one attached hydrogen (secondary N) is 1. The molecule has 0 unspecified atom stereocenters. The summed E-state index contributed by atoms with van der Waals surface area (Å²) in [5.41, 5.74) is 11.9. The van der Waals surface area contributed by atoms with Gasteiger partial charge in [0.25, 0.3) is 5.91 Å². The summed E-state index contributed by atoms with van der Waals surface area (Å²) >= 11 is 0. The van der Waals surface area contributed by atoms with Crippen molar-refractivity contribution >= 4 is 27.8 Å². The maximum absolute atomic E-state index is 12.7. The highest BCUT2D eigenvalue weighted by Crippen LogP contribution is 2.24. The molecule has 39 heavy (non-hydrogen) atoms. The number of anilines is 1. The van der Waals surface area contributed by atoms with E-state index in [9.17, 15) is 13.2 Å². The van der Waals surface area contributed by atoms with Gasteiger partial charge in [-0.1, -0.05) is 42.0 Å². The molecule has 0 aliphatic carbocycles. The van der Waals surface area contributed by atoms with Crippen molar-refractivity contribution in [3.63, 3.8) is 0 Å². The Morgan fingerprint density at radius 3 is 2.26 bits per heavy atom. The normalized spacial score (nSPS) is 11.6. The van der Waals surface area contributed by atoms with Crippen molar-refractivity contribution in [3.8, 4) is 5.69 Å². The highest BCUT2D eigenvalue weighted by atomic mass is 32.2. The third-order valence-corrected chi connectivity index (χ3v) is 7.97. The van der Waals surface area contributed by atoms with Crippen molar-refractivity contribution in [2.24, 2.45) is 5.10 Å². The molecule has 7 nitrogen and oxygen atoms in total. The van der Waals surface area contributed by atoms with Gasteiger partial charge < -0.3 is 4.57 Å². The van der Waals surface area contributed by atoms with Crippen LogP contribution in [0.2, 0.25) is 0 Å². The first-order valence-electron chi connectivity index (χ1n) is 12.7. The molecule has 4 aromatic rings. The van der Waals surface area contributed by atoms with Crippen molar-refractivity contribution in [3.05, 3.63) is 118 Å². The Morgan fingerprint density at radius 2 is 1.62 bits per heavy atom. The van der Waals surface area contributed by atoms with E-state index in [4.69, 9.17) is 0 Å². The number of carbonyl (C=O) groups excluding carboxylic acids is 1. The van der Waals surface area contributed by atoms with Gasteiger partial charge in [-0.25, -0.2) is 13.8 Å². The first kappa shape index (κ1) is 27.9. The molecule has 1 heterocycles. The molecular weight excluding hydrogens is 508 g/mol. The van der Waals surface area contributed by atoms with E-state index < -0.39 is 10.0 Å². The molecule has 8 heteroatoms. The molecule has 1 aromatic heterocycles. The fraction of sp³-hybridized carbons (Fsp3) is 0.226. The molecular formula is C31H34N4O3S. The zero-order valence-corrected chi connectivity index (χ0v) is 24.0. The minimum atomic E-state index is -3.53. The first-order valence-corrected chi connectivity index (χ1v) is 14.5. The van der Waals surface area contributed by atoms with Gasteiger partial charge in [-0.3, -0.25) is 9.10 Å². The molecule has 0 spiro atoms. The van der Waals surface area contributed by atoms with Gasteiger partial charge in [-0.05, 0) is 87.7 Å². The van der Waals surface area contributed by atoms with Crippen LogP contribution in [-0.2, 0) is 16.6 Å². The van der Waals surface area contributed by atoms with Gasteiger partial charge in [0.2, 0.25) is 10.0 Å². The van der Waals surface area contributed by atoms with Crippen molar-refractivity contribution in [2.75, 3.05) is 10.6 Å². The lowest BCUT2D eigenvalue weighted by Gasteiger charge is -2.23. The van der Waals surface area contributed by atoms with Gasteiger partial charge >= 0.3 is 0 Å². The van der Waals surface area contributed by atoms with E-state index in [1.807, 2.05) is 51.1 Å². The number of hydrogen-bond donors (Lipinski definition) is 1. The van der Waals surface area contributed by atoms with E-state index in [1.165, 1.54) is 21.7 Å². The number of sulfonamides is 1. The second-order valence-corrected chi connectivity index (χ2v) is 11.8. The number of aryl methyl sites for hydroxylation is 4. The average molecular weight is 543 g/mol. The molecule has 3 aromatic carbocycles. The minimum absolute atomic E-state index is 0.210. The largest absolute Gasteiger partial charge is 0.318 e. The van der Waals surface area contributed by atoms with Crippen LogP contribution in [0.1, 0.15) is 49.6 Å². The first-order chi connectivity index (χ1) is 18.5. The molecule has 4 rings (SSSR count). The smallest absolute Gasteiger partial charge is 0.271 e. The lowest BCUT2D eigenvalue weighted by atomic mass is 10.1. The molecule has 0 atom stereocenters. The van der Waals surface area contributed by atoms with Gasteiger partial charge in [0.05, 0.1) is 24.7 Å². The number of hydrazone groups is 1. The van der Waals surface area contributed by atoms with Crippen molar-refractivity contribution < 1.29 is 13.2 Å². The second kappa shape index (κ2) is 11.3. The van der Waals surface area contributed by atoms with Gasteiger partial charge in [-0.2, -0.15) is 5.10 Å². The summed E-state index contributed by atoms with van der Waals surface area (Å²) in [4.78, 5) is 12.7. The molecule has 0 radical (unpaired) electrons. The number of rotatable bonds is 8. The Labute approximate surface area is 230 Å². The fourth-order valence-corrected chi connectivity index (χ4v) is 5.57. The molecule has 0 fully saturated rings. The summed E-state index contributed by atoms with van der Waals surface area (Å²) in [6, 6.07) is 22.5. The van der Waals surface area contributed by atoms with Gasteiger partial charge in [0.15, 0.2) is 0 Å². The predicted octanol–water partition coefficient (Wildman–Crippen LogP) is 5.75. The topological polar surface area (TPSA) is 83.8 Å². The molecule has 0 aliphatic rings. The summed E-state index contributed by atoms with van der Waals surface area (Å²) in [7, 11) is -3.53. The van der Waals surface area contributed by atoms with E-state index in [2.05, 4.69) is 47.1 Å². The molecule has 202 valence electrons. The highest BCUT2D eigenvalue weighted by Gasteiger charge is 2.19. The van der Waals surface area contributed by atoms with Crippen LogP contribution >= 0.6 is 0 Å². The lowest BCUT2D eigenvalue weighted by molar-refractivity contribution is 0.0955. The Bertz CT molecular complexity index is 1650. The van der Waals surface area contributed by atoms with E-state index in [1.54, 1.807) is 30.5 Å². The Kier molecular flexibility index (Phi) is 8.06. The fourth-order valence-electron chi connectivity index (χ4n) is 4.69. The zero-order valence-electron chi connectivity index (χ0n) is 23.2. The highest BCUT2D eigenvalue weighted by molar-refractivity contribution is 7.92. The number of carbonyl (C=O) groups is 1. The number of benzene rings is 3. The number of aromatic nitrogens is 1. The third-order valence-electron chi connectivity index (χ3n) is 6.83. The van der Waals surface area contributed by atoms with E-state index >= 15 is 0 Å². The van der Waals surface area contributed by atoms with Gasteiger partial charge in [0, 0.05) is 28.2 Å². The second-order valence-electron chi connectivity index (χ2n) is 9.89. The summed E-state index contributed by atoms with van der Waals surface area (Å²) in [6.45, 7) is 10.4. The average Bonchev–Trinajstić information content (AvgIpc) is 3.15. The van der Waals surface area contributed by atoms with E-state index in [0.717, 1.165) is 33.8 Å². The van der Waals surface area contributed by atoms with Crippen LogP contribution in [0.25, 0.3) is 5.69 Å². The van der Waals surface area contributed by atoms with Crippen LogP contribution in [-0.4, -0.2) is 31.4 Å². The van der Waals surface area contributed by atoms with Crippen molar-refractivity contribution in [2.45, 2.75) is 41.2 Å². The maximum Gasteiger partial charge on any atom is 0.271 e. The summed E-state index contributed by atoms with van der Waals surface area (Å²) in [6.07, 6.45) is 2.82. The molecule has 0 saturated carbocycles. The summed E-state index contributed by atoms with van der Waals surface area (Å²) < 4.78 is 28.6. The molecule has 0 bridgehead atoms. The molecule has 0 aliphatic heterocycles. The monoisotopic (exact) mass is 542 g/mol. The standard InChI is InChI=1S/C31H34N4O3S/c1-21-11-16-30(23(3)17-21)35-24(4)18-28(25(35)5)19-32-33-31(36)26-12-14-29(15-13-26)34(39(6,37)38)20-27-10-8-7-9-22(27)2/h7-19H,20H2,1-6H3,(H,33,36)/b32-19-. The SMILES string of the molecule is Cc1ccc(-n2c(C)cc(/C=N\NC(=O)c3ccc(N(Cc4ccccc4C)S(C)(=O)=O)cc3)c2C)c(C)c1. The molecule has 1 amide bonds. The van der Waals surface area contributed by atoms with Crippen molar-refractivity contribution in [1.82, 2.24) is 9.99 Å². The predicted molar refractivity (Wildman–Crippen MR) is 158 cm³/mol. The number of hydrogen-bond acceptors (Lipinski definition) is 4. The van der Waals surface area contributed by atoms with Crippen LogP contribution in [0.5, 0.6) is 0 Å². The molecule has 0 saturated heterocycles. The molecule has 1 N–H and O–H groups in total. The number of nitrogens with zero attached hydrogens (tertiary/aromatic N) is 3. The van der Waals surface area contributed by atoms with Crippen LogP contribution < -0.4 is 9.73 Å². The summed E-state index contributed by atoms with van der Waals surface area (Å²) in [5.74, 6) is -0.384. The zero-order chi connectivity index (χ0) is 28.3. The van der Waals surface area contributed by atoms with Crippen LogP contribution in [0.4, 0.5) is 5.69 Å². The van der Waals surface area contributed by atoms with Crippen LogP contribution in [0.3, 0.4) is 0 Å². The Balaban J connectivity index is 1.48. The van der Waals surface area contributed by atoms with Crippen LogP contribution in [0, 0.1) is 34.6 Å². The Hall–Kier alpha value is -4.17. The van der Waals surface area contributed by atoms with Crippen molar-refractivity contribution in [1.29, 1.82) is 0 Å². The quantitative estimate of drug-likeness (QED) is 0.227. The van der Waals surface area contributed by atoms with Gasteiger partial charge in [0.1, 0.15) is 0 Å². The third kappa shape index (κ3) is 6.29. The number of amides is 1. The summed E-state index contributed by atoms with van der Waals surface area (Å²) in [5, 5.41) is 4.18. The van der Waals surface area contributed by atoms with Crippen LogP contribution in [0.15, 0.2) is 77.9 Å². The van der Waals surface area contributed by atoms with E-state index in [-0.39, 0.29) is 12.5 Å². The van der Waals surface area contributed by atoms with Gasteiger partial charge in [-0.15, -0.1) is 0 Å².